The van der Waals surface area contributed by atoms with Crippen LogP contribution in [-0.4, -0.2) is 63.4 Å². The summed E-state index contributed by atoms with van der Waals surface area (Å²) >= 11 is 0. The first kappa shape index (κ1) is 22.8. The number of nitrogens with zero attached hydrogens (tertiary/aromatic N) is 2. The first-order valence-corrected chi connectivity index (χ1v) is 8.38. The van der Waals surface area contributed by atoms with Crippen LogP contribution in [0.15, 0.2) is 35.3 Å². The first-order chi connectivity index (χ1) is 12.0. The van der Waals surface area contributed by atoms with Crippen molar-refractivity contribution in [3.63, 3.8) is 0 Å². The molecular formula is C17H26F3IN4O. The summed E-state index contributed by atoms with van der Waals surface area (Å²) in [6.45, 7) is 1.80. The fraction of sp³-hybridized carbons (Fsp3) is 0.588. The number of nitrogens with one attached hydrogen (secondary N) is 2. The maximum absolute atomic E-state index is 12.4. The van der Waals surface area contributed by atoms with Crippen molar-refractivity contribution in [2.75, 3.05) is 46.4 Å². The number of hydrogen-bond donors (Lipinski definition) is 2. The van der Waals surface area contributed by atoms with Crippen LogP contribution in [0.5, 0.6) is 5.75 Å². The van der Waals surface area contributed by atoms with E-state index in [1.165, 1.54) is 4.90 Å². The van der Waals surface area contributed by atoms with Gasteiger partial charge in [0.2, 0.25) is 0 Å². The molecule has 1 saturated heterocycles. The monoisotopic (exact) mass is 486 g/mol. The molecule has 1 aromatic rings. The molecule has 1 aliphatic heterocycles. The van der Waals surface area contributed by atoms with Gasteiger partial charge in [0.15, 0.2) is 5.96 Å². The molecule has 1 aliphatic rings. The fourth-order valence-electron chi connectivity index (χ4n) is 2.79. The Morgan fingerprint density at radius 2 is 2.00 bits per heavy atom. The highest BCUT2D eigenvalue weighted by Crippen LogP contribution is 2.22. The zero-order valence-corrected chi connectivity index (χ0v) is 17.1. The minimum Gasteiger partial charge on any atom is -0.492 e. The van der Waals surface area contributed by atoms with Crippen LogP contribution in [0.25, 0.3) is 0 Å². The fourth-order valence-corrected chi connectivity index (χ4v) is 2.79. The van der Waals surface area contributed by atoms with Gasteiger partial charge >= 0.3 is 6.18 Å². The van der Waals surface area contributed by atoms with Crippen molar-refractivity contribution in [1.29, 1.82) is 0 Å². The first-order valence-electron chi connectivity index (χ1n) is 8.38. The van der Waals surface area contributed by atoms with Crippen molar-refractivity contribution in [3.8, 4) is 5.75 Å². The second kappa shape index (κ2) is 11.5. The van der Waals surface area contributed by atoms with E-state index in [0.29, 0.717) is 38.7 Å². The summed E-state index contributed by atoms with van der Waals surface area (Å²) in [5.41, 5.74) is 0. The molecule has 1 aromatic carbocycles. The molecule has 2 rings (SSSR count). The van der Waals surface area contributed by atoms with Gasteiger partial charge in [-0.15, -0.1) is 24.0 Å². The second-order valence-electron chi connectivity index (χ2n) is 6.05. The van der Waals surface area contributed by atoms with Gasteiger partial charge in [-0.2, -0.15) is 13.2 Å². The third-order valence-electron chi connectivity index (χ3n) is 3.96. The van der Waals surface area contributed by atoms with Gasteiger partial charge in [0.25, 0.3) is 0 Å². The highest BCUT2D eigenvalue weighted by molar-refractivity contribution is 14.0. The lowest BCUT2D eigenvalue weighted by Crippen LogP contribution is -2.42. The minimum atomic E-state index is -4.13. The number of aliphatic imine (C=N–C) groups is 1. The average Bonchev–Trinajstić information content (AvgIpc) is 3.00. The second-order valence-corrected chi connectivity index (χ2v) is 6.05. The Kier molecular flexibility index (Phi) is 10.1. The lowest BCUT2D eigenvalue weighted by molar-refractivity contribution is -0.143. The molecule has 1 heterocycles. The predicted octanol–water partition coefficient (Wildman–Crippen LogP) is 2.73. The molecule has 0 spiro atoms. The molecule has 5 nitrogen and oxygen atoms in total. The summed E-state index contributed by atoms with van der Waals surface area (Å²) in [5, 5.41) is 6.30. The highest BCUT2D eigenvalue weighted by Gasteiger charge is 2.34. The van der Waals surface area contributed by atoms with Gasteiger partial charge in [-0.3, -0.25) is 9.89 Å². The summed E-state index contributed by atoms with van der Waals surface area (Å²) in [5.74, 6) is 1.63. The quantitative estimate of drug-likeness (QED) is 0.270. The van der Waals surface area contributed by atoms with Gasteiger partial charge in [-0.1, -0.05) is 18.2 Å². The Labute approximate surface area is 169 Å². The number of benzene rings is 1. The molecular weight excluding hydrogens is 460 g/mol. The summed E-state index contributed by atoms with van der Waals surface area (Å²) in [7, 11) is 1.66. The SMILES string of the molecule is CN=C(NCCOc1ccccc1)NCC1CCN(CC(F)(F)F)C1.I. The molecule has 148 valence electrons. The van der Waals surface area contributed by atoms with E-state index in [0.717, 1.165) is 12.2 Å². The maximum atomic E-state index is 12.4. The van der Waals surface area contributed by atoms with Crippen molar-refractivity contribution in [2.45, 2.75) is 12.6 Å². The van der Waals surface area contributed by atoms with Crippen molar-refractivity contribution in [1.82, 2.24) is 15.5 Å². The van der Waals surface area contributed by atoms with E-state index in [-0.39, 0.29) is 29.9 Å². The van der Waals surface area contributed by atoms with Crippen molar-refractivity contribution in [3.05, 3.63) is 30.3 Å². The molecule has 0 aliphatic carbocycles. The number of rotatable bonds is 7. The third-order valence-corrected chi connectivity index (χ3v) is 3.96. The molecule has 9 heteroatoms. The largest absolute Gasteiger partial charge is 0.492 e. The van der Waals surface area contributed by atoms with Crippen LogP contribution in [0, 0.1) is 5.92 Å². The van der Waals surface area contributed by atoms with Gasteiger partial charge in [-0.25, -0.2) is 0 Å². The molecule has 26 heavy (non-hydrogen) atoms. The van der Waals surface area contributed by atoms with Crippen molar-refractivity contribution in [2.24, 2.45) is 10.9 Å². The molecule has 0 saturated carbocycles. The number of ether oxygens (including phenoxy) is 1. The lowest BCUT2D eigenvalue weighted by Gasteiger charge is -2.18. The Morgan fingerprint density at radius 3 is 2.65 bits per heavy atom. The standard InChI is InChI=1S/C17H25F3N4O.HI/c1-21-16(22-8-10-25-15-5-3-2-4-6-15)23-11-14-7-9-24(12-14)13-17(18,19)20;/h2-6,14H,7-13H2,1H3,(H2,21,22,23);1H. The van der Waals surface area contributed by atoms with Gasteiger partial charge in [0, 0.05) is 20.1 Å². The third kappa shape index (κ3) is 8.93. The number of likely N-dealkylation sites (tertiary alicyclic amines) is 1. The van der Waals surface area contributed by atoms with Crippen molar-refractivity contribution < 1.29 is 17.9 Å². The summed E-state index contributed by atoms with van der Waals surface area (Å²) in [6.07, 6.45) is -3.37. The van der Waals surface area contributed by atoms with Crippen LogP contribution < -0.4 is 15.4 Å². The molecule has 0 bridgehead atoms. The van der Waals surface area contributed by atoms with Crippen LogP contribution in [-0.2, 0) is 0 Å². The molecule has 2 N–H and O–H groups in total. The molecule has 1 fully saturated rings. The Morgan fingerprint density at radius 1 is 1.27 bits per heavy atom. The number of para-hydroxylation sites is 1. The van der Waals surface area contributed by atoms with Gasteiger partial charge < -0.3 is 15.4 Å². The Balaban J connectivity index is 0.00000338. The topological polar surface area (TPSA) is 48.9 Å². The van der Waals surface area contributed by atoms with E-state index in [2.05, 4.69) is 15.6 Å². The van der Waals surface area contributed by atoms with Crippen LogP contribution in [0.1, 0.15) is 6.42 Å². The van der Waals surface area contributed by atoms with Gasteiger partial charge in [-0.05, 0) is 31.0 Å². The Bertz CT molecular complexity index is 543. The summed E-state index contributed by atoms with van der Waals surface area (Å²) in [6, 6.07) is 9.52. The number of hydrogen-bond acceptors (Lipinski definition) is 3. The van der Waals surface area contributed by atoms with E-state index < -0.39 is 12.7 Å². The molecule has 0 aromatic heterocycles. The minimum absolute atomic E-state index is 0. The highest BCUT2D eigenvalue weighted by atomic mass is 127. The van der Waals surface area contributed by atoms with Crippen LogP contribution in [0.3, 0.4) is 0 Å². The van der Waals surface area contributed by atoms with Crippen LogP contribution >= 0.6 is 24.0 Å². The molecule has 1 atom stereocenters. The molecule has 0 amide bonds. The maximum Gasteiger partial charge on any atom is 0.401 e. The van der Waals surface area contributed by atoms with E-state index >= 15 is 0 Å². The average molecular weight is 486 g/mol. The number of guanidine groups is 1. The van der Waals surface area contributed by atoms with Gasteiger partial charge in [0.1, 0.15) is 12.4 Å². The van der Waals surface area contributed by atoms with E-state index in [1.54, 1.807) is 7.05 Å². The summed E-state index contributed by atoms with van der Waals surface area (Å²) < 4.78 is 42.8. The van der Waals surface area contributed by atoms with Crippen LogP contribution in [0.2, 0.25) is 0 Å². The normalized spacial score (nSPS) is 18.3. The van der Waals surface area contributed by atoms with Gasteiger partial charge in [0.05, 0.1) is 13.1 Å². The smallest absolute Gasteiger partial charge is 0.401 e. The Hall–Kier alpha value is -1.23. The lowest BCUT2D eigenvalue weighted by atomic mass is 10.1. The van der Waals surface area contributed by atoms with E-state index in [1.807, 2.05) is 30.3 Å². The van der Waals surface area contributed by atoms with Crippen LogP contribution in [0.4, 0.5) is 13.2 Å². The van der Waals surface area contributed by atoms with E-state index in [9.17, 15) is 13.2 Å². The zero-order valence-electron chi connectivity index (χ0n) is 14.8. The summed E-state index contributed by atoms with van der Waals surface area (Å²) in [4.78, 5) is 5.57. The molecule has 0 radical (unpaired) electrons. The number of alkyl halides is 3. The zero-order chi connectivity index (χ0) is 18.1. The van der Waals surface area contributed by atoms with Crippen molar-refractivity contribution >= 4 is 29.9 Å². The predicted molar refractivity (Wildman–Crippen MR) is 107 cm³/mol. The number of halogens is 4. The van der Waals surface area contributed by atoms with E-state index in [4.69, 9.17) is 4.74 Å². The molecule has 1 unspecified atom stereocenters.